The lowest BCUT2D eigenvalue weighted by atomic mass is 9.98. The van der Waals surface area contributed by atoms with Gasteiger partial charge in [0.25, 0.3) is 0 Å². The molecule has 1 aromatic carbocycles. The zero-order chi connectivity index (χ0) is 13.7. The number of aryl methyl sites for hydroxylation is 2. The monoisotopic (exact) mass is 252 g/mol. The van der Waals surface area contributed by atoms with Crippen LogP contribution < -0.4 is 4.74 Å². The molecule has 0 amide bonds. The van der Waals surface area contributed by atoms with Crippen molar-refractivity contribution in [1.82, 2.24) is 0 Å². The Hall–Kier alpha value is -1.55. The highest BCUT2D eigenvalue weighted by molar-refractivity contribution is 5.66. The van der Waals surface area contributed by atoms with E-state index >= 15 is 0 Å². The molecule has 0 fully saturated rings. The Morgan fingerprint density at radius 3 is 2.50 bits per heavy atom. The van der Waals surface area contributed by atoms with Crippen LogP contribution in [0.25, 0.3) is 0 Å². The van der Waals surface area contributed by atoms with E-state index in [1.807, 2.05) is 26.0 Å². The Balaban J connectivity index is 2.80. The van der Waals surface area contributed by atoms with Gasteiger partial charge in [-0.3, -0.25) is 4.79 Å². The molecule has 100 valence electrons. The minimum atomic E-state index is -0.839. The van der Waals surface area contributed by atoms with Crippen LogP contribution in [0, 0.1) is 13.8 Å². The number of carbonyl (C=O) groups is 1. The predicted molar refractivity (Wildman–Crippen MR) is 68.9 cm³/mol. The maximum Gasteiger partial charge on any atom is 0.303 e. The Labute approximate surface area is 107 Å². The number of hydrogen-bond donors (Lipinski definition) is 2. The summed E-state index contributed by atoms with van der Waals surface area (Å²) in [5.41, 5.74) is 2.92. The fourth-order valence-corrected chi connectivity index (χ4v) is 1.85. The lowest BCUT2D eigenvalue weighted by Crippen LogP contribution is -2.04. The molecular weight excluding hydrogens is 232 g/mol. The summed E-state index contributed by atoms with van der Waals surface area (Å²) in [6, 6.07) is 3.80. The van der Waals surface area contributed by atoms with Gasteiger partial charge in [0, 0.05) is 12.0 Å². The third-order valence-corrected chi connectivity index (χ3v) is 3.07. The van der Waals surface area contributed by atoms with Crippen LogP contribution in [-0.4, -0.2) is 23.3 Å². The van der Waals surface area contributed by atoms with Crippen LogP contribution in [0.1, 0.15) is 42.1 Å². The highest BCUT2D eigenvalue weighted by Gasteiger charge is 2.15. The van der Waals surface area contributed by atoms with Crippen LogP contribution in [0.2, 0.25) is 0 Å². The molecule has 0 saturated carbocycles. The smallest absolute Gasteiger partial charge is 0.303 e. The van der Waals surface area contributed by atoms with E-state index in [0.29, 0.717) is 18.6 Å². The fraction of sp³-hybridized carbons (Fsp3) is 0.500. The van der Waals surface area contributed by atoms with Gasteiger partial charge in [0.05, 0.1) is 13.2 Å². The highest BCUT2D eigenvalue weighted by atomic mass is 16.5. The second kappa shape index (κ2) is 6.40. The minimum absolute atomic E-state index is 0.0736. The van der Waals surface area contributed by atoms with Gasteiger partial charge in [0.15, 0.2) is 0 Å². The van der Waals surface area contributed by atoms with Gasteiger partial charge in [-0.25, -0.2) is 0 Å². The first-order chi connectivity index (χ1) is 8.45. The number of aliphatic carboxylic acids is 1. The van der Waals surface area contributed by atoms with Crippen molar-refractivity contribution in [3.05, 3.63) is 28.8 Å². The van der Waals surface area contributed by atoms with Gasteiger partial charge in [0.1, 0.15) is 5.75 Å². The van der Waals surface area contributed by atoms with Crippen molar-refractivity contribution in [1.29, 1.82) is 0 Å². The SMILES string of the molecule is COc1cc(C)c(C)cc1C(O)CCCC(=O)O. The molecule has 1 aromatic rings. The van der Waals surface area contributed by atoms with Crippen molar-refractivity contribution in [2.75, 3.05) is 7.11 Å². The van der Waals surface area contributed by atoms with Gasteiger partial charge in [-0.15, -0.1) is 0 Å². The Kier molecular flexibility index (Phi) is 5.16. The van der Waals surface area contributed by atoms with E-state index in [0.717, 1.165) is 16.7 Å². The largest absolute Gasteiger partial charge is 0.496 e. The number of ether oxygens (including phenoxy) is 1. The number of aliphatic hydroxyl groups excluding tert-OH is 1. The van der Waals surface area contributed by atoms with Crippen molar-refractivity contribution >= 4 is 5.97 Å². The second-order valence-corrected chi connectivity index (χ2v) is 4.48. The summed E-state index contributed by atoms with van der Waals surface area (Å²) in [7, 11) is 1.57. The first kappa shape index (κ1) is 14.5. The predicted octanol–water partition coefficient (Wildman–Crippen LogP) is 2.60. The number of rotatable bonds is 6. The summed E-state index contributed by atoms with van der Waals surface area (Å²) >= 11 is 0. The van der Waals surface area contributed by atoms with Crippen molar-refractivity contribution in [2.45, 2.75) is 39.2 Å². The average molecular weight is 252 g/mol. The zero-order valence-electron chi connectivity index (χ0n) is 11.1. The number of methoxy groups -OCH3 is 1. The molecule has 0 heterocycles. The van der Waals surface area contributed by atoms with Gasteiger partial charge in [0.2, 0.25) is 0 Å². The number of hydrogen-bond acceptors (Lipinski definition) is 3. The van der Waals surface area contributed by atoms with Gasteiger partial charge < -0.3 is 14.9 Å². The van der Waals surface area contributed by atoms with Crippen LogP contribution >= 0.6 is 0 Å². The van der Waals surface area contributed by atoms with Gasteiger partial charge >= 0.3 is 5.97 Å². The lowest BCUT2D eigenvalue weighted by molar-refractivity contribution is -0.137. The number of benzene rings is 1. The molecule has 0 aliphatic carbocycles. The molecule has 0 spiro atoms. The summed E-state index contributed by atoms with van der Waals surface area (Å²) in [5.74, 6) is -0.185. The van der Waals surface area contributed by atoms with E-state index < -0.39 is 12.1 Å². The van der Waals surface area contributed by atoms with Gasteiger partial charge in [-0.1, -0.05) is 0 Å². The third kappa shape index (κ3) is 3.74. The molecular formula is C14H20O4. The van der Waals surface area contributed by atoms with Gasteiger partial charge in [-0.2, -0.15) is 0 Å². The zero-order valence-corrected chi connectivity index (χ0v) is 11.1. The molecule has 0 radical (unpaired) electrons. The standard InChI is InChI=1S/C14H20O4/c1-9-7-11(13(18-3)8-10(9)2)12(15)5-4-6-14(16)17/h7-8,12,15H,4-6H2,1-3H3,(H,16,17). The Bertz CT molecular complexity index is 426. The molecule has 2 N–H and O–H groups in total. The summed E-state index contributed by atoms with van der Waals surface area (Å²) in [6.07, 6.45) is 0.265. The van der Waals surface area contributed by atoms with E-state index in [-0.39, 0.29) is 6.42 Å². The van der Waals surface area contributed by atoms with Gasteiger partial charge in [-0.05, 0) is 49.9 Å². The van der Waals surface area contributed by atoms with Crippen LogP contribution in [-0.2, 0) is 4.79 Å². The molecule has 0 saturated heterocycles. The first-order valence-electron chi connectivity index (χ1n) is 6.00. The molecule has 4 nitrogen and oxygen atoms in total. The van der Waals surface area contributed by atoms with Crippen LogP contribution in [0.5, 0.6) is 5.75 Å². The highest BCUT2D eigenvalue weighted by Crippen LogP contribution is 2.31. The number of carboxylic acids is 1. The number of carboxylic acid groups (broad SMARTS) is 1. The summed E-state index contributed by atoms with van der Waals surface area (Å²) in [4.78, 5) is 10.4. The van der Waals surface area contributed by atoms with Crippen LogP contribution in [0.3, 0.4) is 0 Å². The molecule has 0 aromatic heterocycles. The minimum Gasteiger partial charge on any atom is -0.496 e. The summed E-state index contributed by atoms with van der Waals surface area (Å²) in [6.45, 7) is 3.96. The Morgan fingerprint density at radius 1 is 1.33 bits per heavy atom. The fourth-order valence-electron chi connectivity index (χ4n) is 1.85. The molecule has 0 aliphatic heterocycles. The second-order valence-electron chi connectivity index (χ2n) is 4.48. The van der Waals surface area contributed by atoms with Crippen molar-refractivity contribution < 1.29 is 19.7 Å². The normalized spacial score (nSPS) is 12.2. The van der Waals surface area contributed by atoms with Crippen molar-refractivity contribution in [3.63, 3.8) is 0 Å². The third-order valence-electron chi connectivity index (χ3n) is 3.07. The maximum absolute atomic E-state index is 10.4. The average Bonchev–Trinajstić information content (AvgIpc) is 2.31. The summed E-state index contributed by atoms with van der Waals surface area (Å²) < 4.78 is 5.25. The van der Waals surface area contributed by atoms with Crippen molar-refractivity contribution in [2.24, 2.45) is 0 Å². The maximum atomic E-state index is 10.4. The molecule has 1 unspecified atom stereocenters. The molecule has 4 heteroatoms. The van der Waals surface area contributed by atoms with Crippen LogP contribution in [0.15, 0.2) is 12.1 Å². The molecule has 0 aliphatic rings. The molecule has 18 heavy (non-hydrogen) atoms. The van der Waals surface area contributed by atoms with E-state index in [2.05, 4.69) is 0 Å². The quantitative estimate of drug-likeness (QED) is 0.816. The Morgan fingerprint density at radius 2 is 1.94 bits per heavy atom. The lowest BCUT2D eigenvalue weighted by Gasteiger charge is -2.16. The topological polar surface area (TPSA) is 66.8 Å². The molecule has 0 bridgehead atoms. The molecule has 1 atom stereocenters. The van der Waals surface area contributed by atoms with E-state index in [1.54, 1.807) is 7.11 Å². The first-order valence-corrected chi connectivity index (χ1v) is 6.00. The summed E-state index contributed by atoms with van der Waals surface area (Å²) in [5, 5.41) is 18.7. The van der Waals surface area contributed by atoms with E-state index in [4.69, 9.17) is 9.84 Å². The molecule has 1 rings (SSSR count). The van der Waals surface area contributed by atoms with Crippen LogP contribution in [0.4, 0.5) is 0 Å². The van der Waals surface area contributed by atoms with Crippen molar-refractivity contribution in [3.8, 4) is 5.75 Å². The van der Waals surface area contributed by atoms with E-state index in [1.165, 1.54) is 0 Å². The van der Waals surface area contributed by atoms with E-state index in [9.17, 15) is 9.90 Å². The number of aliphatic hydroxyl groups is 1.